The van der Waals surface area contributed by atoms with Crippen LogP contribution in [-0.2, 0) is 0 Å². The molecule has 0 bridgehead atoms. The number of hydrogen-bond acceptors (Lipinski definition) is 1. The standard InChI is InChI=1S/C28H43FO/c1-3-5-16-30-26-14-15-27(28(29)19-26)25-13-12-23-17-22(10-11-24(23)18-25)21-8-6-20(4-2)7-9-21/h14-15,19-25H,3-13,16-18H2,1-2H3. The average Bonchev–Trinajstić information content (AvgIpc) is 2.79. The van der Waals surface area contributed by atoms with Crippen LogP contribution in [0.1, 0.15) is 109 Å². The third-order valence-corrected chi connectivity index (χ3v) is 8.97. The zero-order valence-corrected chi connectivity index (χ0v) is 19.4. The molecule has 0 radical (unpaired) electrons. The van der Waals surface area contributed by atoms with Crippen LogP contribution in [0.15, 0.2) is 18.2 Å². The maximum Gasteiger partial charge on any atom is 0.130 e. The van der Waals surface area contributed by atoms with Gasteiger partial charge in [-0.1, -0.05) is 45.6 Å². The summed E-state index contributed by atoms with van der Waals surface area (Å²) in [5.41, 5.74) is 0.941. The van der Waals surface area contributed by atoms with E-state index in [-0.39, 0.29) is 5.82 Å². The van der Waals surface area contributed by atoms with Crippen LogP contribution in [0.5, 0.6) is 5.75 Å². The van der Waals surface area contributed by atoms with E-state index >= 15 is 0 Å². The zero-order valence-electron chi connectivity index (χ0n) is 19.4. The Morgan fingerprint density at radius 1 is 0.833 bits per heavy atom. The van der Waals surface area contributed by atoms with E-state index in [0.717, 1.165) is 48.0 Å². The van der Waals surface area contributed by atoms with Crippen LogP contribution in [0.3, 0.4) is 0 Å². The smallest absolute Gasteiger partial charge is 0.130 e. The topological polar surface area (TPSA) is 9.23 Å². The van der Waals surface area contributed by atoms with Gasteiger partial charge in [-0.2, -0.15) is 0 Å². The molecule has 3 aliphatic rings. The van der Waals surface area contributed by atoms with Gasteiger partial charge in [0.15, 0.2) is 0 Å². The van der Waals surface area contributed by atoms with E-state index in [0.29, 0.717) is 18.3 Å². The van der Waals surface area contributed by atoms with Gasteiger partial charge >= 0.3 is 0 Å². The summed E-state index contributed by atoms with van der Waals surface area (Å²) >= 11 is 0. The van der Waals surface area contributed by atoms with Crippen LogP contribution < -0.4 is 4.74 Å². The van der Waals surface area contributed by atoms with Crippen LogP contribution in [0.4, 0.5) is 4.39 Å². The van der Waals surface area contributed by atoms with Gasteiger partial charge in [-0.15, -0.1) is 0 Å². The van der Waals surface area contributed by atoms with E-state index in [1.54, 1.807) is 6.07 Å². The summed E-state index contributed by atoms with van der Waals surface area (Å²) in [6.07, 6.45) is 17.4. The fourth-order valence-electron chi connectivity index (χ4n) is 6.97. The Morgan fingerprint density at radius 3 is 2.20 bits per heavy atom. The van der Waals surface area contributed by atoms with Gasteiger partial charge in [0, 0.05) is 6.07 Å². The minimum absolute atomic E-state index is 0.0474. The fraction of sp³-hybridized carbons (Fsp3) is 0.786. The first-order valence-corrected chi connectivity index (χ1v) is 13.1. The van der Waals surface area contributed by atoms with Crippen molar-refractivity contribution in [3.63, 3.8) is 0 Å². The maximum atomic E-state index is 14.9. The molecule has 3 saturated carbocycles. The van der Waals surface area contributed by atoms with Crippen LogP contribution in [-0.4, -0.2) is 6.61 Å². The second-order valence-electron chi connectivity index (χ2n) is 10.7. The largest absolute Gasteiger partial charge is 0.493 e. The molecule has 4 atom stereocenters. The van der Waals surface area contributed by atoms with Crippen molar-refractivity contribution < 1.29 is 9.13 Å². The van der Waals surface area contributed by atoms with Gasteiger partial charge in [-0.3, -0.25) is 0 Å². The number of unbranched alkanes of at least 4 members (excludes halogenated alkanes) is 1. The molecule has 0 amide bonds. The lowest BCUT2D eigenvalue weighted by molar-refractivity contribution is 0.0712. The lowest BCUT2D eigenvalue weighted by atomic mass is 9.60. The van der Waals surface area contributed by atoms with Crippen molar-refractivity contribution in [2.75, 3.05) is 6.61 Å². The normalized spacial score (nSPS) is 34.4. The number of benzene rings is 1. The highest BCUT2D eigenvalue weighted by atomic mass is 19.1. The molecular weight excluding hydrogens is 371 g/mol. The summed E-state index contributed by atoms with van der Waals surface area (Å²) in [5.74, 6) is 5.78. The molecule has 1 nitrogen and oxygen atoms in total. The molecule has 2 heteroatoms. The van der Waals surface area contributed by atoms with E-state index in [4.69, 9.17) is 4.74 Å². The number of halogens is 1. The van der Waals surface area contributed by atoms with E-state index in [1.165, 1.54) is 70.6 Å². The Bertz CT molecular complexity index is 663. The molecule has 0 aliphatic heterocycles. The summed E-state index contributed by atoms with van der Waals surface area (Å²) < 4.78 is 20.6. The zero-order chi connectivity index (χ0) is 20.9. The summed E-state index contributed by atoms with van der Waals surface area (Å²) in [6.45, 7) is 5.20. The molecule has 3 aliphatic carbocycles. The molecule has 168 valence electrons. The van der Waals surface area contributed by atoms with Crippen molar-refractivity contribution in [1.29, 1.82) is 0 Å². The van der Waals surface area contributed by atoms with Crippen LogP contribution in [0.2, 0.25) is 0 Å². The SMILES string of the molecule is CCCCOc1ccc(C2CCC3CC(C4CCC(CC)CC4)CCC3C2)c(F)c1. The molecule has 4 rings (SSSR count). The number of rotatable bonds is 7. The lowest BCUT2D eigenvalue weighted by Crippen LogP contribution is -2.34. The quantitative estimate of drug-likeness (QED) is 0.406. The molecule has 1 aromatic rings. The molecule has 0 N–H and O–H groups in total. The molecule has 3 fully saturated rings. The lowest BCUT2D eigenvalue weighted by Gasteiger charge is -2.45. The third-order valence-electron chi connectivity index (χ3n) is 8.97. The second kappa shape index (κ2) is 10.5. The average molecular weight is 415 g/mol. The van der Waals surface area contributed by atoms with Gasteiger partial charge < -0.3 is 4.74 Å². The first-order valence-electron chi connectivity index (χ1n) is 13.1. The van der Waals surface area contributed by atoms with E-state index in [2.05, 4.69) is 13.8 Å². The minimum atomic E-state index is -0.0474. The van der Waals surface area contributed by atoms with Gasteiger partial charge in [-0.25, -0.2) is 4.39 Å². The molecule has 0 spiro atoms. The monoisotopic (exact) mass is 414 g/mol. The van der Waals surface area contributed by atoms with E-state index < -0.39 is 0 Å². The van der Waals surface area contributed by atoms with Crippen molar-refractivity contribution in [1.82, 2.24) is 0 Å². The highest BCUT2D eigenvalue weighted by molar-refractivity contribution is 5.31. The Labute approximate surface area is 184 Å². The molecule has 0 heterocycles. The molecule has 30 heavy (non-hydrogen) atoms. The molecule has 0 saturated heterocycles. The van der Waals surface area contributed by atoms with E-state index in [9.17, 15) is 4.39 Å². The second-order valence-corrected chi connectivity index (χ2v) is 10.7. The summed E-state index contributed by atoms with van der Waals surface area (Å²) in [6, 6.07) is 5.63. The van der Waals surface area contributed by atoms with Crippen molar-refractivity contribution in [3.05, 3.63) is 29.6 Å². The van der Waals surface area contributed by atoms with Crippen molar-refractivity contribution >= 4 is 0 Å². The number of hydrogen-bond donors (Lipinski definition) is 0. The number of fused-ring (bicyclic) bond motifs is 1. The van der Waals surface area contributed by atoms with Crippen LogP contribution in [0.25, 0.3) is 0 Å². The predicted molar refractivity (Wildman–Crippen MR) is 123 cm³/mol. The molecule has 0 aromatic heterocycles. The summed E-state index contributed by atoms with van der Waals surface area (Å²) in [4.78, 5) is 0. The van der Waals surface area contributed by atoms with Gasteiger partial charge in [0.05, 0.1) is 6.61 Å². The molecular formula is C28H43FO. The fourth-order valence-corrected chi connectivity index (χ4v) is 6.97. The molecule has 1 aromatic carbocycles. The van der Waals surface area contributed by atoms with Crippen molar-refractivity contribution in [3.8, 4) is 5.75 Å². The maximum absolute atomic E-state index is 14.9. The van der Waals surface area contributed by atoms with Crippen LogP contribution >= 0.6 is 0 Å². The summed E-state index contributed by atoms with van der Waals surface area (Å²) in [7, 11) is 0. The minimum Gasteiger partial charge on any atom is -0.493 e. The first-order chi connectivity index (χ1) is 14.7. The van der Waals surface area contributed by atoms with Crippen molar-refractivity contribution in [2.45, 2.75) is 103 Å². The van der Waals surface area contributed by atoms with Gasteiger partial charge in [0.25, 0.3) is 0 Å². The molecule has 4 unspecified atom stereocenters. The Balaban J connectivity index is 1.30. The van der Waals surface area contributed by atoms with Gasteiger partial charge in [-0.05, 0) is 105 Å². The predicted octanol–water partition coefficient (Wildman–Crippen LogP) is 8.52. The third kappa shape index (κ3) is 5.22. The van der Waals surface area contributed by atoms with Crippen LogP contribution in [0, 0.1) is 35.4 Å². The summed E-state index contributed by atoms with van der Waals surface area (Å²) in [5, 5.41) is 0. The van der Waals surface area contributed by atoms with Gasteiger partial charge in [0.2, 0.25) is 0 Å². The Hall–Kier alpha value is -1.05. The Morgan fingerprint density at radius 2 is 1.50 bits per heavy atom. The van der Waals surface area contributed by atoms with E-state index in [1.807, 2.05) is 12.1 Å². The highest BCUT2D eigenvalue weighted by Crippen LogP contribution is 2.51. The highest BCUT2D eigenvalue weighted by Gasteiger charge is 2.39. The Kier molecular flexibility index (Phi) is 7.76. The van der Waals surface area contributed by atoms with Crippen molar-refractivity contribution in [2.24, 2.45) is 29.6 Å². The first kappa shape index (κ1) is 22.2. The van der Waals surface area contributed by atoms with Gasteiger partial charge in [0.1, 0.15) is 11.6 Å². The number of ether oxygens (including phenoxy) is 1.